The Morgan fingerprint density at radius 3 is 2.74 bits per heavy atom. The summed E-state index contributed by atoms with van der Waals surface area (Å²) in [5.41, 5.74) is 5.42. The second kappa shape index (κ2) is 9.82. The van der Waals surface area contributed by atoms with Crippen LogP contribution in [-0.4, -0.2) is 46.1 Å². The SMILES string of the molecule is O=C(CCN1CCC2c3ccccc3NC2C1)Oc1ccc(/C=C2\CCn3c2nc2ccccc2c3=O)cc1. The summed E-state index contributed by atoms with van der Waals surface area (Å²) < 4.78 is 7.39. The Morgan fingerprint density at radius 1 is 1.03 bits per heavy atom. The fourth-order valence-electron chi connectivity index (χ4n) is 6.26. The van der Waals surface area contributed by atoms with Crippen LogP contribution in [0, 0.1) is 0 Å². The number of carbonyl (C=O) groups excluding carboxylic acids is 1. The number of hydrogen-bond acceptors (Lipinski definition) is 6. The van der Waals surface area contributed by atoms with Crippen molar-refractivity contribution in [1.29, 1.82) is 0 Å². The summed E-state index contributed by atoms with van der Waals surface area (Å²) in [6, 6.07) is 24.0. The molecule has 1 saturated heterocycles. The molecule has 4 heterocycles. The Bertz CT molecular complexity index is 1660. The van der Waals surface area contributed by atoms with Gasteiger partial charge in [-0.25, -0.2) is 4.98 Å². The molecule has 2 atom stereocenters. The molecule has 3 aliphatic rings. The van der Waals surface area contributed by atoms with E-state index in [9.17, 15) is 9.59 Å². The summed E-state index contributed by atoms with van der Waals surface area (Å²) in [4.78, 5) is 32.6. The lowest BCUT2D eigenvalue weighted by Crippen LogP contribution is -2.44. The number of fused-ring (bicyclic) bond motifs is 5. The first-order valence-electron chi connectivity index (χ1n) is 13.7. The minimum Gasteiger partial charge on any atom is -0.426 e. The van der Waals surface area contributed by atoms with Crippen LogP contribution in [0.3, 0.4) is 0 Å². The minimum atomic E-state index is -0.217. The van der Waals surface area contributed by atoms with Gasteiger partial charge in [0.2, 0.25) is 0 Å². The van der Waals surface area contributed by atoms with E-state index in [1.54, 1.807) is 4.57 Å². The van der Waals surface area contributed by atoms with Crippen LogP contribution >= 0.6 is 0 Å². The number of hydrogen-bond donors (Lipinski definition) is 1. The molecular weight excluding hydrogens is 488 g/mol. The predicted molar refractivity (Wildman–Crippen MR) is 153 cm³/mol. The van der Waals surface area contributed by atoms with Crippen LogP contribution in [0.5, 0.6) is 5.75 Å². The van der Waals surface area contributed by atoms with Gasteiger partial charge in [0, 0.05) is 37.3 Å². The van der Waals surface area contributed by atoms with Crippen LogP contribution in [0.25, 0.3) is 22.6 Å². The van der Waals surface area contributed by atoms with E-state index in [1.807, 2.05) is 48.5 Å². The van der Waals surface area contributed by atoms with Crippen LogP contribution in [0.2, 0.25) is 0 Å². The molecule has 1 N–H and O–H groups in total. The number of benzene rings is 3. The molecule has 0 spiro atoms. The van der Waals surface area contributed by atoms with E-state index in [-0.39, 0.29) is 11.5 Å². The third kappa shape index (κ3) is 4.53. The molecule has 7 heteroatoms. The molecule has 0 amide bonds. The van der Waals surface area contributed by atoms with E-state index in [2.05, 4.69) is 40.6 Å². The Hall–Kier alpha value is -4.23. The first kappa shape index (κ1) is 23.9. The number of aromatic nitrogens is 2. The standard InChI is InChI=1S/C32H30N4O3/c37-30(15-17-35-16-14-25-24-5-1-3-7-27(24)33-29(25)20-35)39-23-11-9-21(10-12-23)19-22-13-18-36-31(22)34-28-8-4-2-6-26(28)32(36)38/h1-12,19,25,29,33H,13-18,20H2/b22-19+. The van der Waals surface area contributed by atoms with Gasteiger partial charge in [-0.05, 0) is 72.5 Å². The van der Waals surface area contributed by atoms with E-state index in [1.165, 1.54) is 11.3 Å². The summed E-state index contributed by atoms with van der Waals surface area (Å²) >= 11 is 0. The third-order valence-electron chi connectivity index (χ3n) is 8.24. The summed E-state index contributed by atoms with van der Waals surface area (Å²) in [5, 5.41) is 4.31. The molecule has 2 unspecified atom stereocenters. The number of nitrogens with zero attached hydrogens (tertiary/aromatic N) is 3. The van der Waals surface area contributed by atoms with Gasteiger partial charge >= 0.3 is 5.97 Å². The molecule has 3 aromatic carbocycles. The van der Waals surface area contributed by atoms with Gasteiger partial charge in [-0.2, -0.15) is 0 Å². The summed E-state index contributed by atoms with van der Waals surface area (Å²) in [6.07, 6.45) is 4.28. The van der Waals surface area contributed by atoms with Gasteiger partial charge in [0.25, 0.3) is 5.56 Å². The highest BCUT2D eigenvalue weighted by Crippen LogP contribution is 2.40. The number of anilines is 1. The number of likely N-dealkylation sites (tertiary alicyclic amines) is 1. The van der Waals surface area contributed by atoms with Gasteiger partial charge in [-0.3, -0.25) is 14.2 Å². The number of allylic oxidation sites excluding steroid dienone is 1. The number of nitrogens with one attached hydrogen (secondary N) is 1. The maximum absolute atomic E-state index is 12.9. The van der Waals surface area contributed by atoms with E-state index in [0.717, 1.165) is 48.4 Å². The minimum absolute atomic E-state index is 0.00947. The number of piperidine rings is 1. The van der Waals surface area contributed by atoms with Crippen LogP contribution in [0.15, 0.2) is 77.6 Å². The molecule has 0 bridgehead atoms. The molecule has 4 aromatic rings. The summed E-state index contributed by atoms with van der Waals surface area (Å²) in [6.45, 7) is 3.27. The second-order valence-corrected chi connectivity index (χ2v) is 10.7. The van der Waals surface area contributed by atoms with Crippen molar-refractivity contribution in [2.75, 3.05) is 25.0 Å². The molecule has 7 rings (SSSR count). The molecule has 196 valence electrons. The summed E-state index contributed by atoms with van der Waals surface area (Å²) in [7, 11) is 0. The normalized spacial score (nSPS) is 20.9. The van der Waals surface area contributed by atoms with Crippen LogP contribution < -0.4 is 15.6 Å². The van der Waals surface area contributed by atoms with Crippen molar-refractivity contribution in [3.05, 3.63) is 100 Å². The third-order valence-corrected chi connectivity index (χ3v) is 8.24. The topological polar surface area (TPSA) is 76.5 Å². The van der Waals surface area contributed by atoms with Gasteiger partial charge < -0.3 is 15.0 Å². The largest absolute Gasteiger partial charge is 0.426 e. The van der Waals surface area contributed by atoms with Gasteiger partial charge in [0.15, 0.2) is 0 Å². The highest BCUT2D eigenvalue weighted by atomic mass is 16.5. The molecule has 0 saturated carbocycles. The first-order valence-corrected chi connectivity index (χ1v) is 13.7. The van der Waals surface area contributed by atoms with Gasteiger partial charge in [-0.1, -0.05) is 42.5 Å². The first-order chi connectivity index (χ1) is 19.1. The van der Waals surface area contributed by atoms with Crippen LogP contribution in [-0.2, 0) is 11.3 Å². The molecule has 1 aromatic heterocycles. The fraction of sp³-hybridized carbons (Fsp3) is 0.281. The number of esters is 1. The highest BCUT2D eigenvalue weighted by molar-refractivity contribution is 5.84. The Kier molecular flexibility index (Phi) is 6.01. The van der Waals surface area contributed by atoms with Crippen LogP contribution in [0.4, 0.5) is 5.69 Å². The van der Waals surface area contributed by atoms with E-state index < -0.39 is 0 Å². The van der Waals surface area contributed by atoms with E-state index in [4.69, 9.17) is 9.72 Å². The average molecular weight is 519 g/mol. The lowest BCUT2D eigenvalue weighted by atomic mass is 9.88. The molecular formula is C32H30N4O3. The maximum Gasteiger partial charge on any atom is 0.312 e. The molecule has 7 nitrogen and oxygen atoms in total. The Labute approximate surface area is 226 Å². The van der Waals surface area contributed by atoms with E-state index >= 15 is 0 Å². The van der Waals surface area contributed by atoms with Crippen molar-refractivity contribution in [2.45, 2.75) is 37.8 Å². The Balaban J connectivity index is 0.957. The van der Waals surface area contributed by atoms with Crippen molar-refractivity contribution < 1.29 is 9.53 Å². The molecule has 0 radical (unpaired) electrons. The van der Waals surface area contributed by atoms with Gasteiger partial charge in [0.05, 0.1) is 17.3 Å². The van der Waals surface area contributed by atoms with Crippen molar-refractivity contribution in [3.8, 4) is 5.75 Å². The van der Waals surface area contributed by atoms with Crippen molar-refractivity contribution in [3.63, 3.8) is 0 Å². The van der Waals surface area contributed by atoms with Crippen molar-refractivity contribution in [1.82, 2.24) is 14.5 Å². The van der Waals surface area contributed by atoms with E-state index in [0.29, 0.717) is 42.6 Å². The highest BCUT2D eigenvalue weighted by Gasteiger charge is 2.36. The monoisotopic (exact) mass is 518 g/mol. The van der Waals surface area contributed by atoms with Crippen molar-refractivity contribution in [2.24, 2.45) is 0 Å². The lowest BCUT2D eigenvalue weighted by Gasteiger charge is -2.35. The quantitative estimate of drug-likeness (QED) is 0.299. The smallest absolute Gasteiger partial charge is 0.312 e. The predicted octanol–water partition coefficient (Wildman–Crippen LogP) is 4.92. The second-order valence-electron chi connectivity index (χ2n) is 10.7. The zero-order chi connectivity index (χ0) is 26.3. The number of ether oxygens (including phenoxy) is 1. The molecule has 0 aliphatic carbocycles. The number of carbonyl (C=O) groups is 1. The zero-order valence-electron chi connectivity index (χ0n) is 21.7. The fourth-order valence-corrected chi connectivity index (χ4v) is 6.26. The van der Waals surface area contributed by atoms with Crippen LogP contribution in [0.1, 0.15) is 42.1 Å². The zero-order valence-corrected chi connectivity index (χ0v) is 21.7. The molecule has 3 aliphatic heterocycles. The average Bonchev–Trinajstić information content (AvgIpc) is 3.54. The number of para-hydroxylation sites is 2. The summed E-state index contributed by atoms with van der Waals surface area (Å²) in [5.74, 6) is 1.62. The Morgan fingerprint density at radius 2 is 1.85 bits per heavy atom. The lowest BCUT2D eigenvalue weighted by molar-refractivity contribution is -0.134. The van der Waals surface area contributed by atoms with Crippen molar-refractivity contribution >= 4 is 34.2 Å². The number of rotatable bonds is 5. The molecule has 39 heavy (non-hydrogen) atoms. The molecule has 1 fully saturated rings. The van der Waals surface area contributed by atoms with Gasteiger partial charge in [-0.15, -0.1) is 0 Å². The van der Waals surface area contributed by atoms with Gasteiger partial charge in [0.1, 0.15) is 11.6 Å². The maximum atomic E-state index is 12.9.